The first kappa shape index (κ1) is 19.6. The fourth-order valence-electron chi connectivity index (χ4n) is 3.16. The van der Waals surface area contributed by atoms with Gasteiger partial charge in [-0.05, 0) is 47.7 Å². The lowest BCUT2D eigenvalue weighted by atomic mass is 9.87. The van der Waals surface area contributed by atoms with E-state index in [1.165, 1.54) is 23.1 Å². The van der Waals surface area contributed by atoms with Crippen LogP contribution in [0.25, 0.3) is 0 Å². The first-order chi connectivity index (χ1) is 13.1. The van der Waals surface area contributed by atoms with Gasteiger partial charge in [-0.15, -0.1) is 0 Å². The highest BCUT2D eigenvalue weighted by Crippen LogP contribution is 2.31. The fourth-order valence-corrected chi connectivity index (χ4v) is 3.16. The van der Waals surface area contributed by atoms with E-state index in [0.717, 1.165) is 5.56 Å². The topological polar surface area (TPSA) is 86.7 Å². The van der Waals surface area contributed by atoms with E-state index < -0.39 is 5.91 Å². The second-order valence-electron chi connectivity index (χ2n) is 7.96. The van der Waals surface area contributed by atoms with Gasteiger partial charge >= 0.3 is 0 Å². The summed E-state index contributed by atoms with van der Waals surface area (Å²) in [6, 6.07) is 9.55. The van der Waals surface area contributed by atoms with Crippen LogP contribution >= 0.6 is 0 Å². The Balaban J connectivity index is 1.88. The summed E-state index contributed by atoms with van der Waals surface area (Å²) in [6.45, 7) is 8.35. The van der Waals surface area contributed by atoms with Crippen LogP contribution in [0.15, 0.2) is 36.4 Å². The van der Waals surface area contributed by atoms with Gasteiger partial charge in [0.15, 0.2) is 0 Å². The molecule has 1 aliphatic rings. The predicted molar refractivity (Wildman–Crippen MR) is 107 cm³/mol. The van der Waals surface area contributed by atoms with Crippen molar-refractivity contribution in [2.24, 2.45) is 0 Å². The van der Waals surface area contributed by atoms with Crippen LogP contribution in [0, 0.1) is 0 Å². The number of aromatic hydroxyl groups is 1. The number of nitrogens with one attached hydrogen (secondary N) is 1. The molecule has 0 fully saturated rings. The smallest absolute Gasteiger partial charge is 0.261 e. The van der Waals surface area contributed by atoms with Gasteiger partial charge in [-0.2, -0.15) is 0 Å². The minimum absolute atomic E-state index is 0.0390. The van der Waals surface area contributed by atoms with Crippen LogP contribution in [0.5, 0.6) is 5.75 Å². The van der Waals surface area contributed by atoms with Crippen molar-refractivity contribution in [2.45, 2.75) is 39.5 Å². The van der Waals surface area contributed by atoms with Crippen molar-refractivity contribution in [3.8, 4) is 5.75 Å². The van der Waals surface area contributed by atoms with Crippen LogP contribution in [0.4, 0.5) is 5.69 Å². The lowest BCUT2D eigenvalue weighted by molar-refractivity contribution is 0.0654. The SMILES string of the molecule is CCCN1C(=O)c2ccc(C(=O)Nc3cc(C(C)(C)C)ccc3O)cc2C1=O. The maximum atomic E-state index is 12.7. The molecule has 0 unspecified atom stereocenters. The summed E-state index contributed by atoms with van der Waals surface area (Å²) in [5, 5.41) is 12.8. The summed E-state index contributed by atoms with van der Waals surface area (Å²) < 4.78 is 0. The highest BCUT2D eigenvalue weighted by molar-refractivity contribution is 6.22. The number of carbonyl (C=O) groups is 3. The van der Waals surface area contributed by atoms with Gasteiger partial charge in [-0.25, -0.2) is 0 Å². The summed E-state index contributed by atoms with van der Waals surface area (Å²) in [5.41, 5.74) is 1.92. The largest absolute Gasteiger partial charge is 0.506 e. The number of phenolic OH excluding ortho intramolecular Hbond substituents is 1. The van der Waals surface area contributed by atoms with Crippen molar-refractivity contribution >= 4 is 23.4 Å². The van der Waals surface area contributed by atoms with Crippen molar-refractivity contribution in [3.05, 3.63) is 58.7 Å². The highest BCUT2D eigenvalue weighted by Gasteiger charge is 2.35. The summed E-state index contributed by atoms with van der Waals surface area (Å²) in [4.78, 5) is 38.7. The molecule has 6 nitrogen and oxygen atoms in total. The van der Waals surface area contributed by atoms with Crippen LogP contribution < -0.4 is 5.32 Å². The Morgan fingerprint density at radius 2 is 1.71 bits per heavy atom. The van der Waals surface area contributed by atoms with E-state index in [4.69, 9.17) is 0 Å². The molecule has 0 bridgehead atoms. The molecule has 3 amide bonds. The predicted octanol–water partition coefficient (Wildman–Crippen LogP) is 3.95. The number of hydrogen-bond acceptors (Lipinski definition) is 4. The minimum atomic E-state index is -0.460. The number of phenols is 1. The van der Waals surface area contributed by atoms with Crippen molar-refractivity contribution < 1.29 is 19.5 Å². The van der Waals surface area contributed by atoms with Crippen molar-refractivity contribution in [1.29, 1.82) is 0 Å². The van der Waals surface area contributed by atoms with Gasteiger partial charge in [0, 0.05) is 12.1 Å². The molecule has 0 aliphatic carbocycles. The maximum Gasteiger partial charge on any atom is 0.261 e. The van der Waals surface area contributed by atoms with Gasteiger partial charge in [0.25, 0.3) is 17.7 Å². The van der Waals surface area contributed by atoms with Gasteiger partial charge < -0.3 is 10.4 Å². The standard InChI is InChI=1S/C22H24N2O4/c1-5-10-24-20(27)15-8-6-13(11-16(15)21(24)28)19(26)23-17-12-14(22(2,3)4)7-9-18(17)25/h6-9,11-12,25H,5,10H2,1-4H3,(H,23,26). The number of hydrogen-bond donors (Lipinski definition) is 2. The third-order valence-corrected chi connectivity index (χ3v) is 4.79. The van der Waals surface area contributed by atoms with Gasteiger partial charge in [0.05, 0.1) is 16.8 Å². The number of benzene rings is 2. The Morgan fingerprint density at radius 1 is 1.04 bits per heavy atom. The molecule has 6 heteroatoms. The highest BCUT2D eigenvalue weighted by atomic mass is 16.3. The molecule has 0 radical (unpaired) electrons. The molecule has 28 heavy (non-hydrogen) atoms. The van der Waals surface area contributed by atoms with Crippen LogP contribution in [0.1, 0.15) is 70.8 Å². The number of anilines is 1. The van der Waals surface area contributed by atoms with Crippen LogP contribution in [0.2, 0.25) is 0 Å². The van der Waals surface area contributed by atoms with Crippen molar-refractivity contribution in [3.63, 3.8) is 0 Å². The average molecular weight is 380 g/mol. The minimum Gasteiger partial charge on any atom is -0.506 e. The fraction of sp³-hybridized carbons (Fsp3) is 0.318. The van der Waals surface area contributed by atoms with E-state index in [2.05, 4.69) is 5.32 Å². The van der Waals surface area contributed by atoms with Gasteiger partial charge in [0.1, 0.15) is 5.75 Å². The van der Waals surface area contributed by atoms with E-state index in [9.17, 15) is 19.5 Å². The van der Waals surface area contributed by atoms with Crippen LogP contribution in [-0.2, 0) is 5.41 Å². The zero-order chi connectivity index (χ0) is 20.6. The normalized spacial score (nSPS) is 13.6. The molecule has 2 aromatic carbocycles. The summed E-state index contributed by atoms with van der Waals surface area (Å²) in [7, 11) is 0. The summed E-state index contributed by atoms with van der Waals surface area (Å²) in [6.07, 6.45) is 0.669. The number of amides is 3. The Kier molecular flexibility index (Phi) is 4.98. The molecule has 0 saturated heterocycles. The monoisotopic (exact) mass is 380 g/mol. The Morgan fingerprint density at radius 3 is 2.36 bits per heavy atom. The quantitative estimate of drug-likeness (QED) is 0.621. The molecule has 2 aromatic rings. The van der Waals surface area contributed by atoms with Gasteiger partial charge in [0.2, 0.25) is 0 Å². The maximum absolute atomic E-state index is 12.7. The third-order valence-electron chi connectivity index (χ3n) is 4.79. The summed E-state index contributed by atoms with van der Waals surface area (Å²) >= 11 is 0. The molecule has 2 N–H and O–H groups in total. The number of carbonyl (C=O) groups excluding carboxylic acids is 3. The van der Waals surface area contributed by atoms with Gasteiger partial charge in [-0.3, -0.25) is 19.3 Å². The second kappa shape index (κ2) is 7.11. The molecule has 0 aromatic heterocycles. The number of fused-ring (bicyclic) bond motifs is 1. The molecule has 3 rings (SSSR count). The van der Waals surface area contributed by atoms with Crippen molar-refractivity contribution in [1.82, 2.24) is 4.90 Å². The lowest BCUT2D eigenvalue weighted by Gasteiger charge is -2.20. The second-order valence-corrected chi connectivity index (χ2v) is 7.96. The molecule has 0 atom stereocenters. The van der Waals surface area contributed by atoms with Crippen LogP contribution in [-0.4, -0.2) is 34.3 Å². The Bertz CT molecular complexity index is 973. The van der Waals surface area contributed by atoms with E-state index in [1.807, 2.05) is 33.8 Å². The Labute approximate surface area is 164 Å². The first-order valence-corrected chi connectivity index (χ1v) is 9.28. The number of rotatable bonds is 4. The molecule has 0 saturated carbocycles. The first-order valence-electron chi connectivity index (χ1n) is 9.28. The van der Waals surface area contributed by atoms with Gasteiger partial charge in [-0.1, -0.05) is 33.8 Å². The average Bonchev–Trinajstić information content (AvgIpc) is 2.87. The summed E-state index contributed by atoms with van der Waals surface area (Å²) in [5.74, 6) is -1.21. The van der Waals surface area contributed by atoms with E-state index >= 15 is 0 Å². The molecule has 1 heterocycles. The lowest BCUT2D eigenvalue weighted by Crippen LogP contribution is -2.30. The van der Waals surface area contributed by atoms with Crippen molar-refractivity contribution in [2.75, 3.05) is 11.9 Å². The zero-order valence-corrected chi connectivity index (χ0v) is 16.5. The molecule has 0 spiro atoms. The number of imide groups is 1. The van der Waals surface area contributed by atoms with E-state index in [1.54, 1.807) is 12.1 Å². The van der Waals surface area contributed by atoms with E-state index in [-0.39, 0.29) is 34.1 Å². The zero-order valence-electron chi connectivity index (χ0n) is 16.5. The number of nitrogens with zero attached hydrogens (tertiary/aromatic N) is 1. The third kappa shape index (κ3) is 3.50. The molecule has 146 valence electrons. The molecular weight excluding hydrogens is 356 g/mol. The van der Waals surface area contributed by atoms with E-state index in [0.29, 0.717) is 24.2 Å². The molecule has 1 aliphatic heterocycles. The van der Waals surface area contributed by atoms with Crippen LogP contribution in [0.3, 0.4) is 0 Å². The Hall–Kier alpha value is -3.15. The molecular formula is C22H24N2O4.